The highest BCUT2D eigenvalue weighted by Gasteiger charge is 2.37. The molecule has 5 aromatic heterocycles. The maximum atomic E-state index is 15.4. The van der Waals surface area contributed by atoms with Crippen molar-refractivity contribution in [1.29, 1.82) is 5.26 Å². The average Bonchev–Trinajstić information content (AvgIpc) is 3.73. The van der Waals surface area contributed by atoms with Crippen molar-refractivity contribution in [2.24, 2.45) is 0 Å². The summed E-state index contributed by atoms with van der Waals surface area (Å²) in [7, 11) is 0. The van der Waals surface area contributed by atoms with Gasteiger partial charge in [0.2, 0.25) is 5.69 Å². The molecule has 0 radical (unpaired) electrons. The lowest BCUT2D eigenvalue weighted by Gasteiger charge is -2.27. The summed E-state index contributed by atoms with van der Waals surface area (Å²) in [6.45, 7) is 9.78. The minimum atomic E-state index is -4.69. The minimum absolute atomic E-state index is 0.0170. The molecule has 0 N–H and O–H groups in total. The third-order valence-corrected chi connectivity index (χ3v) is 16.0. The Labute approximate surface area is 447 Å². The van der Waals surface area contributed by atoms with Gasteiger partial charge in [0, 0.05) is 48.5 Å². The third kappa shape index (κ3) is 6.00. The number of benzene rings is 11. The molecule has 0 aliphatic rings. The number of hydrogen-bond donors (Lipinski definition) is 0. The van der Waals surface area contributed by atoms with E-state index in [1.807, 2.05) is 127 Å². The highest BCUT2D eigenvalue weighted by molar-refractivity contribution is 6.28. The van der Waals surface area contributed by atoms with Crippen molar-refractivity contribution in [2.75, 3.05) is 0 Å². The van der Waals surface area contributed by atoms with E-state index in [2.05, 4.69) is 85.0 Å². The number of halogens is 3. The van der Waals surface area contributed by atoms with Gasteiger partial charge in [0.15, 0.2) is 0 Å². The molecular formula is C69H37F3N6O. The second kappa shape index (κ2) is 16.3. The number of alkyl halides is 3. The molecule has 5 heterocycles. The Morgan fingerprint density at radius 1 is 0.380 bits per heavy atom. The first-order chi connectivity index (χ1) is 38.8. The smallest absolute Gasteiger partial charge is 0.417 e. The molecule has 370 valence electrons. The van der Waals surface area contributed by atoms with Gasteiger partial charge in [-0.05, 0) is 77.9 Å². The fourth-order valence-corrected chi connectivity index (χ4v) is 13.0. The largest absolute Gasteiger partial charge is 0.456 e. The molecule has 0 saturated heterocycles. The molecular weight excluding hydrogens is 986 g/mol. The number of furan rings is 1. The lowest BCUT2D eigenvalue weighted by molar-refractivity contribution is -0.137. The number of aromatic nitrogens is 4. The molecule has 16 aromatic rings. The predicted molar refractivity (Wildman–Crippen MR) is 312 cm³/mol. The highest BCUT2D eigenvalue weighted by atomic mass is 19.4. The minimum Gasteiger partial charge on any atom is -0.456 e. The van der Waals surface area contributed by atoms with Crippen LogP contribution in [0.2, 0.25) is 0 Å². The van der Waals surface area contributed by atoms with Crippen LogP contribution >= 0.6 is 0 Å². The molecule has 0 aliphatic carbocycles. The first-order valence-electron chi connectivity index (χ1n) is 25.9. The summed E-state index contributed by atoms with van der Waals surface area (Å²) in [4.78, 5) is 4.69. The SMILES string of the molecule is [C-]#[N+]c1c(-n2c3ccccc3c3ccccc32)c(C#N)c(-n2c3ccccc3c3ccccc32)c(-n2c3cccc(-c4ccccc4C(F)(F)F)c3c3ccc4oc5ccccc5c4c32)c1-n1c2ccccc2c2ccccc21. The van der Waals surface area contributed by atoms with Gasteiger partial charge in [-0.1, -0.05) is 158 Å². The fourth-order valence-electron chi connectivity index (χ4n) is 13.0. The third-order valence-electron chi connectivity index (χ3n) is 16.0. The van der Waals surface area contributed by atoms with E-state index in [9.17, 15) is 11.8 Å². The molecule has 11 aromatic carbocycles. The van der Waals surface area contributed by atoms with Gasteiger partial charge in [0.05, 0.1) is 90.0 Å². The van der Waals surface area contributed by atoms with E-state index in [1.165, 1.54) is 12.1 Å². The molecule has 0 fully saturated rings. The Morgan fingerprint density at radius 2 is 0.810 bits per heavy atom. The van der Waals surface area contributed by atoms with Gasteiger partial charge in [-0.3, -0.25) is 0 Å². The lowest BCUT2D eigenvalue weighted by atomic mass is 9.95. The standard InChI is InChI=1S/C69H37F3N6O/c1-74-63-65(75-52-29-11-3-20-41(52)42-21-4-12-30-53(42)75)50(39-73)66(76-54-31-13-5-22-43(54)44-23-6-14-32-55(44)76)68(67(63)77-56-33-15-7-24-45(56)46-25-8-16-34-57(46)77)78-58-35-18-27-47(40-19-2-10-28-51(40)69(70,71)72)61(58)49-37-38-60-62(64(49)78)48-26-9-17-36-59(48)79-60/h2-38H. The number of nitrogens with zero attached hydrogens (tertiary/aromatic N) is 6. The summed E-state index contributed by atoms with van der Waals surface area (Å²) >= 11 is 0. The van der Waals surface area contributed by atoms with E-state index in [1.54, 1.807) is 18.2 Å². The summed E-state index contributed by atoms with van der Waals surface area (Å²) in [5.41, 5.74) is 8.96. The number of fused-ring (bicyclic) bond motifs is 16. The Bertz CT molecular complexity index is 5100. The zero-order valence-electron chi connectivity index (χ0n) is 41.6. The number of para-hydroxylation sites is 7. The molecule has 0 bridgehead atoms. The zero-order chi connectivity index (χ0) is 52.8. The molecule has 79 heavy (non-hydrogen) atoms. The van der Waals surface area contributed by atoms with Crippen molar-refractivity contribution in [3.63, 3.8) is 0 Å². The topological polar surface area (TPSA) is 61.0 Å². The van der Waals surface area contributed by atoms with Crippen LogP contribution in [0.4, 0.5) is 18.9 Å². The summed E-state index contributed by atoms with van der Waals surface area (Å²) < 4.78 is 61.5. The molecule has 0 atom stereocenters. The second-order valence-electron chi connectivity index (χ2n) is 20.0. The molecule has 0 amide bonds. The van der Waals surface area contributed by atoms with Crippen molar-refractivity contribution >= 4 is 115 Å². The van der Waals surface area contributed by atoms with Crippen LogP contribution < -0.4 is 0 Å². The van der Waals surface area contributed by atoms with E-state index < -0.39 is 11.7 Å². The Hall–Kier alpha value is -10.8. The van der Waals surface area contributed by atoms with E-state index in [-0.39, 0.29) is 16.8 Å². The number of nitriles is 1. The van der Waals surface area contributed by atoms with Crippen molar-refractivity contribution < 1.29 is 17.6 Å². The maximum absolute atomic E-state index is 15.4. The molecule has 0 aliphatic heterocycles. The van der Waals surface area contributed by atoms with Gasteiger partial charge >= 0.3 is 6.18 Å². The molecule has 0 saturated carbocycles. The van der Waals surface area contributed by atoms with Gasteiger partial charge in [0.1, 0.15) is 17.2 Å². The van der Waals surface area contributed by atoms with Crippen LogP contribution in [0.1, 0.15) is 11.1 Å². The van der Waals surface area contributed by atoms with Crippen LogP contribution in [0.25, 0.3) is 148 Å². The lowest BCUT2D eigenvalue weighted by Crippen LogP contribution is -2.14. The quantitative estimate of drug-likeness (QED) is 0.161. The van der Waals surface area contributed by atoms with Gasteiger partial charge in [-0.15, -0.1) is 0 Å². The van der Waals surface area contributed by atoms with Gasteiger partial charge in [0.25, 0.3) is 0 Å². The van der Waals surface area contributed by atoms with E-state index in [0.29, 0.717) is 61.3 Å². The summed E-state index contributed by atoms with van der Waals surface area (Å²) in [5, 5.41) is 20.9. The van der Waals surface area contributed by atoms with Gasteiger partial charge < -0.3 is 22.7 Å². The van der Waals surface area contributed by atoms with Crippen LogP contribution in [0, 0.1) is 17.9 Å². The van der Waals surface area contributed by atoms with Crippen molar-refractivity contribution in [3.05, 3.63) is 247 Å². The maximum Gasteiger partial charge on any atom is 0.417 e. The average molecular weight is 1020 g/mol. The second-order valence-corrected chi connectivity index (χ2v) is 20.0. The number of rotatable bonds is 5. The predicted octanol–water partition coefficient (Wildman–Crippen LogP) is 19.1. The number of hydrogen-bond acceptors (Lipinski definition) is 2. The molecule has 10 heteroatoms. The van der Waals surface area contributed by atoms with Crippen LogP contribution in [0.3, 0.4) is 0 Å². The van der Waals surface area contributed by atoms with Crippen molar-refractivity contribution in [3.8, 4) is 39.9 Å². The molecule has 7 nitrogen and oxygen atoms in total. The van der Waals surface area contributed by atoms with Crippen molar-refractivity contribution in [2.45, 2.75) is 6.18 Å². The summed E-state index contributed by atoms with van der Waals surface area (Å²) in [5.74, 6) is 0. The van der Waals surface area contributed by atoms with Crippen LogP contribution in [-0.2, 0) is 6.18 Å². The fraction of sp³-hybridized carbons (Fsp3) is 0.0145. The van der Waals surface area contributed by atoms with Crippen LogP contribution in [-0.4, -0.2) is 18.3 Å². The Kier molecular flexibility index (Phi) is 9.20. The normalized spacial score (nSPS) is 12.2. The molecule has 0 spiro atoms. The first kappa shape index (κ1) is 44.5. The van der Waals surface area contributed by atoms with E-state index in [0.717, 1.165) is 82.3 Å². The monoisotopic (exact) mass is 1020 g/mol. The van der Waals surface area contributed by atoms with E-state index >= 15 is 13.2 Å². The highest BCUT2D eigenvalue weighted by Crippen LogP contribution is 2.54. The zero-order valence-corrected chi connectivity index (χ0v) is 41.6. The Balaban J connectivity index is 1.26. The Morgan fingerprint density at radius 3 is 1.32 bits per heavy atom. The molecule has 16 rings (SSSR count). The van der Waals surface area contributed by atoms with Crippen LogP contribution in [0.5, 0.6) is 0 Å². The van der Waals surface area contributed by atoms with Gasteiger partial charge in [-0.25, -0.2) is 4.85 Å². The molecule has 0 unspecified atom stereocenters. The van der Waals surface area contributed by atoms with Gasteiger partial charge in [-0.2, -0.15) is 18.4 Å². The summed E-state index contributed by atoms with van der Waals surface area (Å²) in [6, 6.07) is 74.4. The first-order valence-corrected chi connectivity index (χ1v) is 25.9. The van der Waals surface area contributed by atoms with E-state index in [4.69, 9.17) is 9.26 Å². The van der Waals surface area contributed by atoms with Crippen LogP contribution in [0.15, 0.2) is 229 Å². The van der Waals surface area contributed by atoms with Crippen molar-refractivity contribution in [1.82, 2.24) is 18.3 Å². The summed E-state index contributed by atoms with van der Waals surface area (Å²) in [6.07, 6.45) is -4.69.